The van der Waals surface area contributed by atoms with E-state index in [1.165, 1.54) is 35.1 Å². The molecule has 102 valence electrons. The predicted molar refractivity (Wildman–Crippen MR) is 86.9 cm³/mol. The van der Waals surface area contributed by atoms with E-state index in [2.05, 4.69) is 74.5 Å². The monoisotopic (exact) mass is 262 g/mol. The molecule has 2 atom stereocenters. The lowest BCUT2D eigenvalue weighted by Gasteiger charge is -2.20. The highest BCUT2D eigenvalue weighted by Crippen LogP contribution is 2.31. The third-order valence-electron chi connectivity index (χ3n) is 4.33. The fourth-order valence-corrected chi connectivity index (χ4v) is 2.91. The molecule has 0 aliphatic heterocycles. The summed E-state index contributed by atoms with van der Waals surface area (Å²) in [5, 5.41) is 0. The van der Waals surface area contributed by atoms with Gasteiger partial charge in [-0.2, -0.15) is 0 Å². The van der Waals surface area contributed by atoms with Crippen LogP contribution in [0.5, 0.6) is 0 Å². The summed E-state index contributed by atoms with van der Waals surface area (Å²) in [6.07, 6.45) is 7.33. The van der Waals surface area contributed by atoms with Crippen molar-refractivity contribution in [2.24, 2.45) is 5.92 Å². The second-order valence-electron chi connectivity index (χ2n) is 6.03. The number of hydrogen-bond donors (Lipinski definition) is 0. The highest BCUT2D eigenvalue weighted by Gasteiger charge is 2.14. The lowest BCUT2D eigenvalue weighted by Crippen LogP contribution is -2.04. The summed E-state index contributed by atoms with van der Waals surface area (Å²) in [5.41, 5.74) is 5.37. The Kier molecular flexibility index (Phi) is 3.73. The molecule has 0 bridgehead atoms. The SMILES string of the molecule is Cc1ccc(-c2ccc(C3C=CC(C)CC3)cc2)cc1. The highest BCUT2D eigenvalue weighted by molar-refractivity contribution is 5.64. The number of benzene rings is 2. The van der Waals surface area contributed by atoms with Crippen molar-refractivity contribution in [3.05, 3.63) is 71.8 Å². The van der Waals surface area contributed by atoms with Crippen molar-refractivity contribution in [1.29, 1.82) is 0 Å². The molecule has 0 amide bonds. The summed E-state index contributed by atoms with van der Waals surface area (Å²) in [5.74, 6) is 1.36. The Bertz CT molecular complexity index is 587. The molecule has 1 aliphatic rings. The third kappa shape index (κ3) is 2.85. The van der Waals surface area contributed by atoms with Gasteiger partial charge in [0.2, 0.25) is 0 Å². The van der Waals surface area contributed by atoms with Crippen molar-refractivity contribution in [2.45, 2.75) is 32.6 Å². The van der Waals surface area contributed by atoms with Gasteiger partial charge in [0.15, 0.2) is 0 Å². The Labute approximate surface area is 122 Å². The summed E-state index contributed by atoms with van der Waals surface area (Å²) in [6, 6.07) is 17.8. The standard InChI is InChI=1S/C20H22/c1-15-3-7-17(8-4-15)19-11-13-20(14-12-19)18-9-5-16(2)6-10-18/h3-5,7-9,11-14,16,18H,6,10H2,1-2H3. The van der Waals surface area contributed by atoms with Gasteiger partial charge in [0.25, 0.3) is 0 Å². The molecule has 20 heavy (non-hydrogen) atoms. The van der Waals surface area contributed by atoms with Gasteiger partial charge in [0.05, 0.1) is 0 Å². The quantitative estimate of drug-likeness (QED) is 0.606. The van der Waals surface area contributed by atoms with Crippen LogP contribution in [0.3, 0.4) is 0 Å². The van der Waals surface area contributed by atoms with Crippen LogP contribution in [0.25, 0.3) is 11.1 Å². The van der Waals surface area contributed by atoms with E-state index < -0.39 is 0 Å². The van der Waals surface area contributed by atoms with Crippen molar-refractivity contribution >= 4 is 0 Å². The van der Waals surface area contributed by atoms with Gasteiger partial charge in [-0.25, -0.2) is 0 Å². The zero-order valence-corrected chi connectivity index (χ0v) is 12.3. The molecule has 0 nitrogen and oxygen atoms in total. The Balaban J connectivity index is 1.81. The maximum Gasteiger partial charge on any atom is 0.00182 e. The predicted octanol–water partition coefficient (Wildman–Crippen LogP) is 5.73. The van der Waals surface area contributed by atoms with Crippen LogP contribution in [0.15, 0.2) is 60.7 Å². The fraction of sp³-hybridized carbons (Fsp3) is 0.300. The Morgan fingerprint density at radius 3 is 1.90 bits per heavy atom. The van der Waals surface area contributed by atoms with Crippen LogP contribution >= 0.6 is 0 Å². The number of hydrogen-bond acceptors (Lipinski definition) is 0. The molecular weight excluding hydrogens is 240 g/mol. The van der Waals surface area contributed by atoms with Crippen molar-refractivity contribution in [3.8, 4) is 11.1 Å². The smallest absolute Gasteiger partial charge is 0.00182 e. The summed E-state index contributed by atoms with van der Waals surface area (Å²) in [6.45, 7) is 4.43. The van der Waals surface area contributed by atoms with E-state index in [0.717, 1.165) is 5.92 Å². The molecule has 1 aliphatic carbocycles. The van der Waals surface area contributed by atoms with Crippen molar-refractivity contribution in [3.63, 3.8) is 0 Å². The molecule has 3 rings (SSSR count). The van der Waals surface area contributed by atoms with E-state index in [4.69, 9.17) is 0 Å². The summed E-state index contributed by atoms with van der Waals surface area (Å²) in [4.78, 5) is 0. The number of rotatable bonds is 2. The van der Waals surface area contributed by atoms with Gasteiger partial charge >= 0.3 is 0 Å². The van der Waals surface area contributed by atoms with Crippen LogP contribution in [0.2, 0.25) is 0 Å². The maximum atomic E-state index is 2.38. The van der Waals surface area contributed by atoms with Gasteiger partial charge < -0.3 is 0 Å². The first-order valence-electron chi connectivity index (χ1n) is 7.58. The molecule has 0 saturated heterocycles. The van der Waals surface area contributed by atoms with Gasteiger partial charge in [-0.3, -0.25) is 0 Å². The highest BCUT2D eigenvalue weighted by atomic mass is 14.2. The Hall–Kier alpha value is -1.82. The molecule has 0 heterocycles. The summed E-state index contributed by atoms with van der Waals surface area (Å²) in [7, 11) is 0. The van der Waals surface area contributed by atoms with Crippen molar-refractivity contribution in [2.75, 3.05) is 0 Å². The molecule has 0 radical (unpaired) electrons. The molecule has 2 aromatic rings. The van der Waals surface area contributed by atoms with Gasteiger partial charge in [-0.15, -0.1) is 0 Å². The zero-order valence-electron chi connectivity index (χ0n) is 12.3. The number of allylic oxidation sites excluding steroid dienone is 2. The summed E-state index contributed by atoms with van der Waals surface area (Å²) < 4.78 is 0. The third-order valence-corrected chi connectivity index (χ3v) is 4.33. The normalized spacial score (nSPS) is 21.9. The molecular formula is C20H22. The van der Waals surface area contributed by atoms with E-state index in [1.54, 1.807) is 0 Å². The van der Waals surface area contributed by atoms with Gasteiger partial charge in [-0.05, 0) is 42.4 Å². The van der Waals surface area contributed by atoms with E-state index >= 15 is 0 Å². The van der Waals surface area contributed by atoms with E-state index in [1.807, 2.05) is 0 Å². The minimum absolute atomic E-state index is 0.610. The van der Waals surface area contributed by atoms with Crippen LogP contribution in [-0.2, 0) is 0 Å². The van der Waals surface area contributed by atoms with Crippen LogP contribution in [0.1, 0.15) is 36.8 Å². The van der Waals surface area contributed by atoms with E-state index in [-0.39, 0.29) is 0 Å². The lowest BCUT2D eigenvalue weighted by atomic mass is 9.85. The second-order valence-corrected chi connectivity index (χ2v) is 6.03. The minimum atomic E-state index is 0.610. The Morgan fingerprint density at radius 1 is 0.750 bits per heavy atom. The van der Waals surface area contributed by atoms with Gasteiger partial charge in [0, 0.05) is 5.92 Å². The molecule has 0 aromatic heterocycles. The lowest BCUT2D eigenvalue weighted by molar-refractivity contribution is 0.545. The average molecular weight is 262 g/mol. The van der Waals surface area contributed by atoms with E-state index in [9.17, 15) is 0 Å². The molecule has 0 fully saturated rings. The van der Waals surface area contributed by atoms with Gasteiger partial charge in [0.1, 0.15) is 0 Å². The van der Waals surface area contributed by atoms with Crippen LogP contribution < -0.4 is 0 Å². The topological polar surface area (TPSA) is 0 Å². The summed E-state index contributed by atoms with van der Waals surface area (Å²) >= 11 is 0. The first kappa shape index (κ1) is 13.2. The molecule has 0 saturated carbocycles. The molecule has 2 aromatic carbocycles. The zero-order chi connectivity index (χ0) is 13.9. The van der Waals surface area contributed by atoms with E-state index in [0.29, 0.717) is 5.92 Å². The van der Waals surface area contributed by atoms with Crippen molar-refractivity contribution < 1.29 is 0 Å². The van der Waals surface area contributed by atoms with Crippen molar-refractivity contribution in [1.82, 2.24) is 0 Å². The average Bonchev–Trinajstić information content (AvgIpc) is 2.49. The van der Waals surface area contributed by atoms with Gasteiger partial charge in [-0.1, -0.05) is 73.2 Å². The van der Waals surface area contributed by atoms with Crippen LogP contribution in [0, 0.1) is 12.8 Å². The largest absolute Gasteiger partial charge is 0.0851 e. The van der Waals surface area contributed by atoms with Crippen LogP contribution in [-0.4, -0.2) is 0 Å². The first-order chi connectivity index (χ1) is 9.72. The molecule has 0 heteroatoms. The first-order valence-corrected chi connectivity index (χ1v) is 7.58. The fourth-order valence-electron chi connectivity index (χ4n) is 2.91. The van der Waals surface area contributed by atoms with Crippen LogP contribution in [0.4, 0.5) is 0 Å². The molecule has 0 spiro atoms. The molecule has 2 unspecified atom stereocenters. The second kappa shape index (κ2) is 5.66. The molecule has 0 N–H and O–H groups in total. The Morgan fingerprint density at radius 2 is 1.35 bits per heavy atom. The number of aryl methyl sites for hydroxylation is 1. The maximum absolute atomic E-state index is 2.38. The minimum Gasteiger partial charge on any atom is -0.0851 e.